The van der Waals surface area contributed by atoms with Crippen molar-refractivity contribution >= 4 is 28.4 Å². The summed E-state index contributed by atoms with van der Waals surface area (Å²) in [6.07, 6.45) is 4.35. The van der Waals surface area contributed by atoms with Gasteiger partial charge in [-0.1, -0.05) is 41.9 Å². The molecule has 0 unspecified atom stereocenters. The number of halogens is 1. The van der Waals surface area contributed by atoms with Crippen LogP contribution in [0.1, 0.15) is 24.8 Å². The van der Waals surface area contributed by atoms with Crippen molar-refractivity contribution in [2.45, 2.75) is 31.2 Å². The molecule has 5 heteroatoms. The molecule has 0 spiro atoms. The molecule has 28 heavy (non-hydrogen) atoms. The molecule has 1 aliphatic heterocycles. The molecule has 0 atom stereocenters. The van der Waals surface area contributed by atoms with Crippen molar-refractivity contribution in [2.24, 2.45) is 0 Å². The van der Waals surface area contributed by atoms with E-state index in [1.165, 1.54) is 10.9 Å². The van der Waals surface area contributed by atoms with E-state index in [0.717, 1.165) is 18.5 Å². The smallest absolute Gasteiger partial charge is 0.230 e. The van der Waals surface area contributed by atoms with Crippen LogP contribution < -0.4 is 5.32 Å². The summed E-state index contributed by atoms with van der Waals surface area (Å²) in [5, 5.41) is 5.08. The van der Waals surface area contributed by atoms with Crippen LogP contribution in [0.25, 0.3) is 10.9 Å². The zero-order valence-corrected chi connectivity index (χ0v) is 16.6. The minimum absolute atomic E-state index is 0.0791. The quantitative estimate of drug-likeness (QED) is 0.621. The maximum absolute atomic E-state index is 13.2. The van der Waals surface area contributed by atoms with Crippen molar-refractivity contribution in [1.29, 1.82) is 0 Å². The second-order valence-corrected chi connectivity index (χ2v) is 7.82. The largest absolute Gasteiger partial charge is 0.381 e. The van der Waals surface area contributed by atoms with Gasteiger partial charge in [-0.3, -0.25) is 4.79 Å². The molecule has 0 bridgehead atoms. The highest BCUT2D eigenvalue weighted by Crippen LogP contribution is 2.36. The van der Waals surface area contributed by atoms with Crippen LogP contribution in [0.15, 0.2) is 60.8 Å². The number of nitrogens with zero attached hydrogens (tertiary/aromatic N) is 1. The van der Waals surface area contributed by atoms with E-state index < -0.39 is 5.41 Å². The molecular formula is C23H25ClN2O2. The molecule has 1 amide bonds. The lowest BCUT2D eigenvalue weighted by atomic mass is 9.73. The van der Waals surface area contributed by atoms with Gasteiger partial charge in [0.25, 0.3) is 0 Å². The summed E-state index contributed by atoms with van der Waals surface area (Å²) in [6.45, 7) is 2.71. The fourth-order valence-corrected chi connectivity index (χ4v) is 4.30. The van der Waals surface area contributed by atoms with E-state index in [0.29, 0.717) is 37.6 Å². The first kappa shape index (κ1) is 19.0. The van der Waals surface area contributed by atoms with Crippen LogP contribution in [0.5, 0.6) is 0 Å². The highest BCUT2D eigenvalue weighted by Gasteiger charge is 2.41. The van der Waals surface area contributed by atoms with Gasteiger partial charge < -0.3 is 14.6 Å². The molecule has 4 nitrogen and oxygen atoms in total. The van der Waals surface area contributed by atoms with Crippen molar-refractivity contribution in [1.82, 2.24) is 9.88 Å². The van der Waals surface area contributed by atoms with Crippen LogP contribution in [0, 0.1) is 0 Å². The van der Waals surface area contributed by atoms with E-state index in [2.05, 4.69) is 46.4 Å². The first-order valence-corrected chi connectivity index (χ1v) is 10.2. The van der Waals surface area contributed by atoms with E-state index in [1.807, 2.05) is 24.3 Å². The van der Waals surface area contributed by atoms with Crippen molar-refractivity contribution in [3.05, 3.63) is 71.4 Å². The van der Waals surface area contributed by atoms with E-state index in [4.69, 9.17) is 16.3 Å². The summed E-state index contributed by atoms with van der Waals surface area (Å²) < 4.78 is 7.76. The number of carbonyl (C=O) groups is 1. The van der Waals surface area contributed by atoms with Gasteiger partial charge in [0.2, 0.25) is 5.91 Å². The Morgan fingerprint density at radius 3 is 2.75 bits per heavy atom. The number of hydrogen-bond acceptors (Lipinski definition) is 2. The fourth-order valence-electron chi connectivity index (χ4n) is 4.11. The van der Waals surface area contributed by atoms with Gasteiger partial charge in [-0.05, 0) is 54.5 Å². The number of benzene rings is 2. The summed E-state index contributed by atoms with van der Waals surface area (Å²) in [4.78, 5) is 13.2. The molecule has 0 saturated carbocycles. The normalized spacial score (nSPS) is 16.2. The van der Waals surface area contributed by atoms with Gasteiger partial charge in [0.15, 0.2) is 0 Å². The molecule has 1 N–H and O–H groups in total. The number of para-hydroxylation sites is 1. The van der Waals surface area contributed by atoms with Gasteiger partial charge in [0, 0.05) is 43.0 Å². The molecule has 1 aromatic heterocycles. The fraction of sp³-hybridized carbons (Fsp3) is 0.348. The Kier molecular flexibility index (Phi) is 5.69. The Labute approximate surface area is 170 Å². The Morgan fingerprint density at radius 2 is 1.93 bits per heavy atom. The van der Waals surface area contributed by atoms with Crippen LogP contribution in [-0.2, 0) is 21.5 Å². The summed E-state index contributed by atoms with van der Waals surface area (Å²) in [6, 6.07) is 18.2. The van der Waals surface area contributed by atoms with Crippen molar-refractivity contribution in [3.8, 4) is 0 Å². The lowest BCUT2D eigenvalue weighted by molar-refractivity contribution is -0.130. The van der Waals surface area contributed by atoms with E-state index in [1.54, 1.807) is 0 Å². The number of aromatic nitrogens is 1. The Bertz CT molecular complexity index is 960. The molecule has 0 radical (unpaired) electrons. The number of ether oxygens (including phenoxy) is 1. The monoisotopic (exact) mass is 396 g/mol. The molecule has 2 aromatic carbocycles. The summed E-state index contributed by atoms with van der Waals surface area (Å²) in [5.74, 6) is 0.0791. The highest BCUT2D eigenvalue weighted by molar-refractivity contribution is 6.30. The Hall–Kier alpha value is -2.30. The topological polar surface area (TPSA) is 43.3 Å². The number of carbonyl (C=O) groups excluding carboxylic acids is 1. The van der Waals surface area contributed by atoms with Crippen LogP contribution in [-0.4, -0.2) is 30.2 Å². The third kappa shape index (κ3) is 3.80. The second kappa shape index (κ2) is 8.38. The predicted molar refractivity (Wildman–Crippen MR) is 113 cm³/mol. The Morgan fingerprint density at radius 1 is 1.11 bits per heavy atom. The van der Waals surface area contributed by atoms with Crippen LogP contribution in [0.2, 0.25) is 5.02 Å². The lowest BCUT2D eigenvalue weighted by Gasteiger charge is -2.36. The van der Waals surface area contributed by atoms with Crippen molar-refractivity contribution in [2.75, 3.05) is 19.8 Å². The average Bonchev–Trinajstić information content (AvgIpc) is 3.15. The molecule has 1 fully saturated rings. The summed E-state index contributed by atoms with van der Waals surface area (Å²) in [7, 11) is 0. The molecule has 2 heterocycles. The van der Waals surface area contributed by atoms with Crippen molar-refractivity contribution in [3.63, 3.8) is 0 Å². The van der Waals surface area contributed by atoms with Gasteiger partial charge in [0.1, 0.15) is 0 Å². The van der Waals surface area contributed by atoms with E-state index in [9.17, 15) is 4.79 Å². The van der Waals surface area contributed by atoms with Crippen LogP contribution in [0.4, 0.5) is 0 Å². The number of rotatable bonds is 6. The van der Waals surface area contributed by atoms with Gasteiger partial charge in [0.05, 0.1) is 5.41 Å². The molecule has 4 rings (SSSR count). The second-order valence-electron chi connectivity index (χ2n) is 7.38. The van der Waals surface area contributed by atoms with Gasteiger partial charge >= 0.3 is 0 Å². The maximum atomic E-state index is 13.2. The van der Waals surface area contributed by atoms with Gasteiger partial charge in [-0.2, -0.15) is 0 Å². The molecule has 146 valence electrons. The summed E-state index contributed by atoms with van der Waals surface area (Å²) >= 11 is 6.20. The molecule has 0 aliphatic carbocycles. The van der Waals surface area contributed by atoms with Crippen molar-refractivity contribution < 1.29 is 9.53 Å². The molecule has 3 aromatic rings. The van der Waals surface area contributed by atoms with Crippen LogP contribution in [0.3, 0.4) is 0 Å². The average molecular weight is 397 g/mol. The van der Waals surface area contributed by atoms with E-state index in [-0.39, 0.29) is 5.91 Å². The first-order valence-electron chi connectivity index (χ1n) is 9.85. The minimum Gasteiger partial charge on any atom is -0.381 e. The van der Waals surface area contributed by atoms with E-state index >= 15 is 0 Å². The maximum Gasteiger partial charge on any atom is 0.230 e. The third-order valence-corrected chi connectivity index (χ3v) is 5.93. The number of fused-ring (bicyclic) bond motifs is 1. The SMILES string of the molecule is O=C(NCCCn1ccc2ccccc21)C1(c2cccc(Cl)c2)CCOCC1. The number of aryl methyl sites for hydroxylation is 1. The molecule has 1 saturated heterocycles. The highest BCUT2D eigenvalue weighted by atomic mass is 35.5. The molecular weight excluding hydrogens is 372 g/mol. The number of nitrogens with one attached hydrogen (secondary N) is 1. The predicted octanol–water partition coefficient (Wildman–Crippen LogP) is 4.55. The van der Waals surface area contributed by atoms with Gasteiger partial charge in [-0.15, -0.1) is 0 Å². The number of hydrogen-bond donors (Lipinski definition) is 1. The molecule has 1 aliphatic rings. The summed E-state index contributed by atoms with van der Waals surface area (Å²) in [5.41, 5.74) is 1.66. The lowest BCUT2D eigenvalue weighted by Crippen LogP contribution is -2.48. The third-order valence-electron chi connectivity index (χ3n) is 5.70. The standard InChI is InChI=1S/C23H25ClN2O2/c24-20-7-3-6-19(17-20)23(10-15-28-16-11-23)22(27)25-12-4-13-26-14-9-18-5-1-2-8-21(18)26/h1-3,5-9,14,17H,4,10-13,15-16H2,(H,25,27). The zero-order valence-electron chi connectivity index (χ0n) is 15.9. The number of amides is 1. The minimum atomic E-state index is -0.552. The Balaban J connectivity index is 1.41. The van der Waals surface area contributed by atoms with Gasteiger partial charge in [-0.25, -0.2) is 0 Å². The van der Waals surface area contributed by atoms with Crippen LogP contribution >= 0.6 is 11.6 Å². The zero-order chi connectivity index (χ0) is 19.4. The first-order chi connectivity index (χ1) is 13.7.